The molecule has 1 unspecified atom stereocenters. The van der Waals surface area contributed by atoms with Crippen molar-refractivity contribution in [3.63, 3.8) is 0 Å². The molecule has 0 saturated carbocycles. The predicted octanol–water partition coefficient (Wildman–Crippen LogP) is 0.975. The predicted molar refractivity (Wildman–Crippen MR) is 93.5 cm³/mol. The van der Waals surface area contributed by atoms with Gasteiger partial charge in [-0.15, -0.1) is 0 Å². The first-order valence-electron chi connectivity index (χ1n) is 8.47. The van der Waals surface area contributed by atoms with Crippen LogP contribution < -0.4 is 9.64 Å². The number of anilines is 1. The van der Waals surface area contributed by atoms with Gasteiger partial charge >= 0.3 is 0 Å². The molecule has 0 bridgehead atoms. The molecule has 8 nitrogen and oxygen atoms in total. The van der Waals surface area contributed by atoms with Crippen molar-refractivity contribution in [2.24, 2.45) is 5.92 Å². The van der Waals surface area contributed by atoms with Crippen molar-refractivity contribution in [2.75, 3.05) is 38.2 Å². The van der Waals surface area contributed by atoms with Crippen LogP contribution in [0, 0.1) is 12.8 Å². The molecule has 0 spiro atoms. The van der Waals surface area contributed by atoms with Crippen molar-refractivity contribution in [1.29, 1.82) is 0 Å². The molecule has 1 aliphatic rings. The third-order valence-electron chi connectivity index (χ3n) is 4.34. The van der Waals surface area contributed by atoms with E-state index < -0.39 is 0 Å². The SMILES string of the molecule is COc1cc(C)nc(N2CCN(C(=O)C(C)Cn3cccn3)CC2)n1. The highest BCUT2D eigenvalue weighted by molar-refractivity contribution is 5.78. The average Bonchev–Trinajstić information content (AvgIpc) is 3.13. The zero-order valence-electron chi connectivity index (χ0n) is 14.9. The molecule has 1 amide bonds. The number of hydrogen-bond acceptors (Lipinski definition) is 6. The van der Waals surface area contributed by atoms with Crippen molar-refractivity contribution in [2.45, 2.75) is 20.4 Å². The van der Waals surface area contributed by atoms with Crippen molar-refractivity contribution in [3.05, 3.63) is 30.2 Å². The zero-order valence-corrected chi connectivity index (χ0v) is 14.9. The second kappa shape index (κ2) is 7.50. The number of amides is 1. The number of ether oxygens (including phenoxy) is 1. The Bertz CT molecular complexity index is 710. The van der Waals surface area contributed by atoms with Crippen LogP contribution >= 0.6 is 0 Å². The molecule has 25 heavy (non-hydrogen) atoms. The summed E-state index contributed by atoms with van der Waals surface area (Å²) in [6, 6.07) is 3.67. The van der Waals surface area contributed by atoms with Gasteiger partial charge in [0.25, 0.3) is 0 Å². The molecule has 0 aliphatic carbocycles. The summed E-state index contributed by atoms with van der Waals surface area (Å²) in [5.41, 5.74) is 0.869. The van der Waals surface area contributed by atoms with Crippen LogP contribution in [0.15, 0.2) is 24.5 Å². The average molecular weight is 344 g/mol. The summed E-state index contributed by atoms with van der Waals surface area (Å²) >= 11 is 0. The quantitative estimate of drug-likeness (QED) is 0.805. The van der Waals surface area contributed by atoms with E-state index in [0.29, 0.717) is 44.6 Å². The Morgan fingerprint density at radius 2 is 2.04 bits per heavy atom. The van der Waals surface area contributed by atoms with E-state index in [1.165, 1.54) is 0 Å². The van der Waals surface area contributed by atoms with Gasteiger partial charge in [-0.1, -0.05) is 6.92 Å². The fourth-order valence-corrected chi connectivity index (χ4v) is 2.98. The largest absolute Gasteiger partial charge is 0.481 e. The molecule has 8 heteroatoms. The highest BCUT2D eigenvalue weighted by atomic mass is 16.5. The van der Waals surface area contributed by atoms with E-state index in [4.69, 9.17) is 4.74 Å². The molecule has 0 N–H and O–H groups in total. The first-order valence-corrected chi connectivity index (χ1v) is 8.47. The minimum Gasteiger partial charge on any atom is -0.481 e. The fourth-order valence-electron chi connectivity index (χ4n) is 2.98. The number of hydrogen-bond donors (Lipinski definition) is 0. The van der Waals surface area contributed by atoms with Crippen molar-refractivity contribution in [1.82, 2.24) is 24.6 Å². The van der Waals surface area contributed by atoms with Crippen LogP contribution in [0.1, 0.15) is 12.6 Å². The van der Waals surface area contributed by atoms with E-state index in [-0.39, 0.29) is 11.8 Å². The zero-order chi connectivity index (χ0) is 17.8. The van der Waals surface area contributed by atoms with E-state index >= 15 is 0 Å². The Labute approximate surface area is 147 Å². The van der Waals surface area contributed by atoms with Crippen LogP contribution in [0.3, 0.4) is 0 Å². The van der Waals surface area contributed by atoms with Gasteiger partial charge in [0.05, 0.1) is 19.6 Å². The third kappa shape index (κ3) is 4.07. The van der Waals surface area contributed by atoms with Gasteiger partial charge in [-0.25, -0.2) is 4.98 Å². The summed E-state index contributed by atoms with van der Waals surface area (Å²) in [5.74, 6) is 1.29. The molecule has 1 fully saturated rings. The number of rotatable bonds is 5. The lowest BCUT2D eigenvalue weighted by Gasteiger charge is -2.36. The van der Waals surface area contributed by atoms with E-state index in [1.807, 2.05) is 31.0 Å². The molecule has 1 atom stereocenters. The van der Waals surface area contributed by atoms with Crippen LogP contribution in [-0.2, 0) is 11.3 Å². The van der Waals surface area contributed by atoms with Gasteiger partial charge in [0.2, 0.25) is 17.7 Å². The molecule has 1 aliphatic heterocycles. The smallest absolute Gasteiger partial charge is 0.228 e. The van der Waals surface area contributed by atoms with Crippen LogP contribution in [0.2, 0.25) is 0 Å². The maximum atomic E-state index is 12.6. The minimum absolute atomic E-state index is 0.0956. The molecular weight excluding hydrogens is 320 g/mol. The summed E-state index contributed by atoms with van der Waals surface area (Å²) in [4.78, 5) is 25.5. The number of aromatic nitrogens is 4. The van der Waals surface area contributed by atoms with Crippen LogP contribution in [-0.4, -0.2) is 63.8 Å². The second-order valence-corrected chi connectivity index (χ2v) is 6.29. The Morgan fingerprint density at radius 1 is 1.28 bits per heavy atom. The van der Waals surface area contributed by atoms with Crippen molar-refractivity contribution >= 4 is 11.9 Å². The van der Waals surface area contributed by atoms with E-state index in [2.05, 4.69) is 20.0 Å². The van der Waals surface area contributed by atoms with E-state index in [1.54, 1.807) is 24.1 Å². The third-order valence-corrected chi connectivity index (χ3v) is 4.34. The summed E-state index contributed by atoms with van der Waals surface area (Å²) in [6.07, 6.45) is 3.61. The lowest BCUT2D eigenvalue weighted by atomic mass is 10.1. The molecular formula is C17H24N6O2. The van der Waals surface area contributed by atoms with Crippen molar-refractivity contribution in [3.8, 4) is 5.88 Å². The number of aryl methyl sites for hydroxylation is 1. The first kappa shape index (κ1) is 17.2. The van der Waals surface area contributed by atoms with E-state index in [0.717, 1.165) is 5.69 Å². The minimum atomic E-state index is -0.0956. The van der Waals surface area contributed by atoms with Gasteiger partial charge in [-0.3, -0.25) is 9.48 Å². The Balaban J connectivity index is 1.58. The maximum Gasteiger partial charge on any atom is 0.228 e. The Kier molecular flexibility index (Phi) is 5.16. The number of nitrogens with zero attached hydrogens (tertiary/aromatic N) is 6. The summed E-state index contributed by atoms with van der Waals surface area (Å²) in [6.45, 7) is 7.24. The van der Waals surface area contributed by atoms with Gasteiger partial charge in [0.1, 0.15) is 0 Å². The first-order chi connectivity index (χ1) is 12.1. The van der Waals surface area contributed by atoms with Gasteiger partial charge in [0.15, 0.2) is 0 Å². The van der Waals surface area contributed by atoms with Crippen molar-refractivity contribution < 1.29 is 9.53 Å². The van der Waals surface area contributed by atoms with Crippen LogP contribution in [0.25, 0.3) is 0 Å². The van der Waals surface area contributed by atoms with Gasteiger partial charge in [-0.2, -0.15) is 10.1 Å². The van der Waals surface area contributed by atoms with Gasteiger partial charge in [0, 0.05) is 50.3 Å². The molecule has 1 saturated heterocycles. The van der Waals surface area contributed by atoms with Crippen LogP contribution in [0.5, 0.6) is 5.88 Å². The molecule has 0 aromatic carbocycles. The highest BCUT2D eigenvalue weighted by Crippen LogP contribution is 2.17. The number of carbonyl (C=O) groups is 1. The van der Waals surface area contributed by atoms with E-state index in [9.17, 15) is 4.79 Å². The molecule has 3 rings (SSSR count). The topological polar surface area (TPSA) is 76.4 Å². The molecule has 2 aromatic rings. The lowest BCUT2D eigenvalue weighted by Crippen LogP contribution is -2.51. The normalized spacial score (nSPS) is 16.0. The number of carbonyl (C=O) groups excluding carboxylic acids is 1. The maximum absolute atomic E-state index is 12.6. The monoisotopic (exact) mass is 344 g/mol. The summed E-state index contributed by atoms with van der Waals surface area (Å²) in [7, 11) is 1.60. The summed E-state index contributed by atoms with van der Waals surface area (Å²) < 4.78 is 7.01. The Hall–Kier alpha value is -2.64. The lowest BCUT2D eigenvalue weighted by molar-refractivity contribution is -0.135. The number of piperazine rings is 1. The van der Waals surface area contributed by atoms with Gasteiger partial charge < -0.3 is 14.5 Å². The summed E-state index contributed by atoms with van der Waals surface area (Å²) in [5, 5.41) is 4.17. The molecule has 2 aromatic heterocycles. The highest BCUT2D eigenvalue weighted by Gasteiger charge is 2.26. The second-order valence-electron chi connectivity index (χ2n) is 6.29. The van der Waals surface area contributed by atoms with Crippen LogP contribution in [0.4, 0.5) is 5.95 Å². The standard InChI is InChI=1S/C17H24N6O2/c1-13(12-23-6-4-5-18-23)16(24)21-7-9-22(10-8-21)17-19-14(2)11-15(20-17)25-3/h4-6,11,13H,7-10,12H2,1-3H3. The van der Waals surface area contributed by atoms with Gasteiger partial charge in [-0.05, 0) is 13.0 Å². The number of methoxy groups -OCH3 is 1. The molecule has 3 heterocycles. The molecule has 0 radical (unpaired) electrons. The Morgan fingerprint density at radius 3 is 2.68 bits per heavy atom. The fraction of sp³-hybridized carbons (Fsp3) is 0.529. The molecule has 134 valence electrons.